The lowest BCUT2D eigenvalue weighted by Crippen LogP contribution is -2.38. The van der Waals surface area contributed by atoms with Gasteiger partial charge in [0.2, 0.25) is 0 Å². The number of nitrogens with zero attached hydrogens (tertiary/aromatic N) is 3. The fourth-order valence-corrected chi connectivity index (χ4v) is 2.05. The molecular weight excluding hydrogens is 272 g/mol. The number of carboxylic acids is 1. The fraction of sp³-hybridized carbons (Fsp3) is 0.429. The summed E-state index contributed by atoms with van der Waals surface area (Å²) < 4.78 is 1.74. The van der Waals surface area contributed by atoms with Crippen molar-refractivity contribution in [1.82, 2.24) is 20.1 Å². The normalized spacial score (nSPS) is 12.6. The lowest BCUT2D eigenvalue weighted by molar-refractivity contribution is -0.138. The second kappa shape index (κ2) is 5.51. The molecule has 0 aliphatic rings. The highest BCUT2D eigenvalue weighted by molar-refractivity contribution is 6.06. The van der Waals surface area contributed by atoms with Crippen molar-refractivity contribution in [2.24, 2.45) is 0 Å². The van der Waals surface area contributed by atoms with Crippen molar-refractivity contribution < 1.29 is 14.7 Å². The maximum atomic E-state index is 12.3. The van der Waals surface area contributed by atoms with E-state index in [2.05, 4.69) is 15.4 Å². The smallest absolute Gasteiger partial charge is 0.325 e. The Labute approximate surface area is 122 Å². The molecule has 2 N–H and O–H groups in total. The lowest BCUT2D eigenvalue weighted by Gasteiger charge is -2.11. The highest BCUT2D eigenvalue weighted by Crippen LogP contribution is 2.21. The minimum Gasteiger partial charge on any atom is -0.480 e. The van der Waals surface area contributed by atoms with Crippen molar-refractivity contribution in [3.63, 3.8) is 0 Å². The molecule has 0 aromatic carbocycles. The lowest BCUT2D eigenvalue weighted by atomic mass is 10.1. The van der Waals surface area contributed by atoms with E-state index in [1.54, 1.807) is 23.9 Å². The molecule has 0 saturated carbocycles. The average Bonchev–Trinajstić information content (AvgIpc) is 2.80. The van der Waals surface area contributed by atoms with Crippen molar-refractivity contribution in [3.05, 3.63) is 23.5 Å². The Morgan fingerprint density at radius 1 is 1.33 bits per heavy atom. The van der Waals surface area contributed by atoms with Gasteiger partial charge >= 0.3 is 5.97 Å². The summed E-state index contributed by atoms with van der Waals surface area (Å²) in [5, 5.41) is 16.2. The van der Waals surface area contributed by atoms with E-state index in [-0.39, 0.29) is 6.04 Å². The fourth-order valence-electron chi connectivity index (χ4n) is 2.05. The van der Waals surface area contributed by atoms with Crippen molar-refractivity contribution in [2.75, 3.05) is 0 Å². The van der Waals surface area contributed by atoms with Gasteiger partial charge in [0, 0.05) is 11.7 Å². The number of carbonyl (C=O) groups excluding carboxylic acids is 1. The summed E-state index contributed by atoms with van der Waals surface area (Å²) in [6.45, 7) is 7.16. The van der Waals surface area contributed by atoms with E-state index in [4.69, 9.17) is 5.11 Å². The van der Waals surface area contributed by atoms with Crippen LogP contribution in [-0.4, -0.2) is 37.8 Å². The number of aliphatic carboxylic acids is 1. The third kappa shape index (κ3) is 2.86. The first-order valence-corrected chi connectivity index (χ1v) is 6.69. The van der Waals surface area contributed by atoms with Gasteiger partial charge in [-0.15, -0.1) is 0 Å². The molecule has 0 aliphatic carbocycles. The Morgan fingerprint density at radius 2 is 2.00 bits per heavy atom. The topological polar surface area (TPSA) is 97.1 Å². The molecule has 0 spiro atoms. The quantitative estimate of drug-likeness (QED) is 0.889. The van der Waals surface area contributed by atoms with Gasteiger partial charge in [0.1, 0.15) is 6.04 Å². The summed E-state index contributed by atoms with van der Waals surface area (Å²) in [6.07, 6.45) is 1.59. The highest BCUT2D eigenvalue weighted by atomic mass is 16.4. The summed E-state index contributed by atoms with van der Waals surface area (Å²) >= 11 is 0. The molecule has 7 heteroatoms. The largest absolute Gasteiger partial charge is 0.480 e. The van der Waals surface area contributed by atoms with Gasteiger partial charge in [-0.05, 0) is 33.8 Å². The van der Waals surface area contributed by atoms with Crippen molar-refractivity contribution in [1.29, 1.82) is 0 Å². The second-order valence-electron chi connectivity index (χ2n) is 5.26. The number of carboxylic acid groups (broad SMARTS) is 1. The molecule has 0 saturated heterocycles. The zero-order valence-corrected chi connectivity index (χ0v) is 12.4. The predicted octanol–water partition coefficient (Wildman–Crippen LogP) is 1.52. The summed E-state index contributed by atoms with van der Waals surface area (Å²) in [4.78, 5) is 27.5. The molecule has 2 aromatic rings. The van der Waals surface area contributed by atoms with Crippen molar-refractivity contribution >= 4 is 22.9 Å². The van der Waals surface area contributed by atoms with E-state index < -0.39 is 17.9 Å². The number of aromatic nitrogens is 3. The van der Waals surface area contributed by atoms with E-state index in [0.717, 1.165) is 0 Å². The molecular formula is C14H18N4O3. The summed E-state index contributed by atoms with van der Waals surface area (Å²) in [5.74, 6) is -1.52. The number of rotatable bonds is 4. The zero-order chi connectivity index (χ0) is 15.7. The number of amides is 1. The molecule has 2 aromatic heterocycles. The monoisotopic (exact) mass is 290 g/mol. The van der Waals surface area contributed by atoms with Crippen LogP contribution in [0.2, 0.25) is 0 Å². The van der Waals surface area contributed by atoms with Crippen molar-refractivity contribution in [3.8, 4) is 0 Å². The third-order valence-electron chi connectivity index (χ3n) is 3.15. The van der Waals surface area contributed by atoms with E-state index in [9.17, 15) is 9.59 Å². The third-order valence-corrected chi connectivity index (χ3v) is 3.15. The van der Waals surface area contributed by atoms with Gasteiger partial charge in [0.15, 0.2) is 5.65 Å². The van der Waals surface area contributed by atoms with E-state index >= 15 is 0 Å². The minimum atomic E-state index is -1.08. The Kier molecular flexibility index (Phi) is 3.93. The number of aryl methyl sites for hydroxylation is 1. The minimum absolute atomic E-state index is 0.116. The molecule has 0 radical (unpaired) electrons. The highest BCUT2D eigenvalue weighted by Gasteiger charge is 2.20. The first-order chi connectivity index (χ1) is 9.81. The number of hydrogen-bond donors (Lipinski definition) is 2. The van der Waals surface area contributed by atoms with Crippen LogP contribution in [0.3, 0.4) is 0 Å². The number of hydrogen-bond acceptors (Lipinski definition) is 4. The number of pyridine rings is 1. The van der Waals surface area contributed by atoms with Crippen LogP contribution in [0.15, 0.2) is 12.3 Å². The maximum Gasteiger partial charge on any atom is 0.325 e. The summed E-state index contributed by atoms with van der Waals surface area (Å²) in [6, 6.07) is 0.797. The Hall–Kier alpha value is -2.44. The SMILES string of the molecule is Cc1cc(C(=O)N[C@@H](C)C(=O)O)c2cnn(C(C)C)c2n1. The van der Waals surface area contributed by atoms with Crippen LogP contribution in [-0.2, 0) is 4.79 Å². The van der Waals surface area contributed by atoms with Gasteiger partial charge in [-0.2, -0.15) is 5.10 Å². The van der Waals surface area contributed by atoms with E-state index in [1.807, 2.05) is 13.8 Å². The molecule has 1 amide bonds. The molecule has 0 fully saturated rings. The van der Waals surface area contributed by atoms with Crippen LogP contribution in [0.4, 0.5) is 0 Å². The number of fused-ring (bicyclic) bond motifs is 1. The Balaban J connectivity index is 2.49. The van der Waals surface area contributed by atoms with Gasteiger partial charge < -0.3 is 10.4 Å². The van der Waals surface area contributed by atoms with Crippen LogP contribution in [0.5, 0.6) is 0 Å². The molecule has 0 aliphatic heterocycles. The Morgan fingerprint density at radius 3 is 2.57 bits per heavy atom. The molecule has 112 valence electrons. The summed E-state index contributed by atoms with van der Waals surface area (Å²) in [5.41, 5.74) is 1.69. The van der Waals surface area contributed by atoms with Gasteiger partial charge in [-0.25, -0.2) is 9.67 Å². The van der Waals surface area contributed by atoms with Gasteiger partial charge in [-0.1, -0.05) is 0 Å². The summed E-state index contributed by atoms with van der Waals surface area (Å²) in [7, 11) is 0. The standard InChI is InChI=1S/C14H18N4O3/c1-7(2)18-12-11(6-15-18)10(5-8(3)16-12)13(19)17-9(4)14(20)21/h5-7,9H,1-4H3,(H,17,19)(H,20,21)/t9-/m0/s1. The first kappa shape index (κ1) is 15.0. The average molecular weight is 290 g/mol. The first-order valence-electron chi connectivity index (χ1n) is 6.69. The zero-order valence-electron chi connectivity index (χ0n) is 12.4. The van der Waals surface area contributed by atoms with Gasteiger partial charge in [0.05, 0.1) is 17.1 Å². The molecule has 21 heavy (non-hydrogen) atoms. The van der Waals surface area contributed by atoms with E-state index in [1.165, 1.54) is 6.92 Å². The van der Waals surface area contributed by atoms with Crippen molar-refractivity contribution in [2.45, 2.75) is 39.8 Å². The number of carbonyl (C=O) groups is 2. The number of nitrogens with one attached hydrogen (secondary N) is 1. The van der Waals surface area contributed by atoms with Crippen LogP contribution in [0.25, 0.3) is 11.0 Å². The maximum absolute atomic E-state index is 12.3. The van der Waals surface area contributed by atoms with Crippen LogP contribution in [0.1, 0.15) is 42.9 Å². The molecule has 2 rings (SSSR count). The predicted molar refractivity (Wildman–Crippen MR) is 77.2 cm³/mol. The second-order valence-corrected chi connectivity index (χ2v) is 5.26. The molecule has 2 heterocycles. The van der Waals surface area contributed by atoms with E-state index in [0.29, 0.717) is 22.3 Å². The van der Waals surface area contributed by atoms with Gasteiger partial charge in [-0.3, -0.25) is 9.59 Å². The molecule has 7 nitrogen and oxygen atoms in total. The van der Waals surface area contributed by atoms with Crippen LogP contribution >= 0.6 is 0 Å². The van der Waals surface area contributed by atoms with Crippen LogP contribution < -0.4 is 5.32 Å². The molecule has 0 unspecified atom stereocenters. The molecule has 0 bridgehead atoms. The molecule has 1 atom stereocenters. The van der Waals surface area contributed by atoms with Crippen LogP contribution in [0, 0.1) is 6.92 Å². The Bertz CT molecular complexity index is 706. The van der Waals surface area contributed by atoms with Gasteiger partial charge in [0.25, 0.3) is 5.91 Å².